The number of nitriles is 1. The molecule has 0 saturated heterocycles. The Hall–Kier alpha value is -3.17. The van der Waals surface area contributed by atoms with Gasteiger partial charge in [-0.2, -0.15) is 10.2 Å². The fraction of sp³-hybridized carbons (Fsp3) is 0.375. The van der Waals surface area contributed by atoms with Gasteiger partial charge in [-0.25, -0.2) is 4.98 Å². The van der Waals surface area contributed by atoms with Gasteiger partial charge in [0.15, 0.2) is 0 Å². The zero-order chi connectivity index (χ0) is 20.9. The Labute approximate surface area is 178 Å². The summed E-state index contributed by atoms with van der Waals surface area (Å²) in [5.41, 5.74) is 2.85. The van der Waals surface area contributed by atoms with Crippen molar-refractivity contribution in [2.24, 2.45) is 0 Å². The van der Waals surface area contributed by atoms with Crippen LogP contribution in [-0.4, -0.2) is 36.1 Å². The Balaban J connectivity index is 1.34. The van der Waals surface area contributed by atoms with Crippen LogP contribution in [0.5, 0.6) is 0 Å². The maximum Gasteiger partial charge on any atom is 0.225 e. The topological polar surface area (TPSA) is 76.9 Å². The highest BCUT2D eigenvalue weighted by Crippen LogP contribution is 2.26. The lowest BCUT2D eigenvalue weighted by Gasteiger charge is -2.30. The Kier molecular flexibility index (Phi) is 6.10. The molecule has 0 amide bonds. The van der Waals surface area contributed by atoms with Crippen molar-refractivity contribution < 1.29 is 0 Å². The molecule has 0 atom stereocenters. The molecule has 30 heavy (non-hydrogen) atoms. The van der Waals surface area contributed by atoms with Crippen LogP contribution in [0.1, 0.15) is 36.8 Å². The van der Waals surface area contributed by atoms with Gasteiger partial charge in [0.25, 0.3) is 0 Å². The van der Waals surface area contributed by atoms with Gasteiger partial charge in [-0.15, -0.1) is 0 Å². The first-order valence-corrected chi connectivity index (χ1v) is 10.6. The van der Waals surface area contributed by atoms with E-state index in [1.54, 1.807) is 0 Å². The minimum atomic E-state index is 0.390. The molecule has 1 heterocycles. The molecule has 2 aromatic carbocycles. The maximum absolute atomic E-state index is 9.04. The molecule has 0 aliphatic heterocycles. The zero-order valence-corrected chi connectivity index (χ0v) is 17.6. The van der Waals surface area contributed by atoms with Crippen LogP contribution in [0.4, 0.5) is 11.8 Å². The molecule has 1 saturated carbocycles. The summed E-state index contributed by atoms with van der Waals surface area (Å²) in [4.78, 5) is 11.5. The molecule has 0 unspecified atom stereocenters. The van der Waals surface area contributed by atoms with Crippen LogP contribution in [0.15, 0.2) is 48.5 Å². The SMILES string of the molecule is CN(C)c1nc(N[C@H]2CC[C@@H](NCc3cccc(C#N)c3)CC2)nc2ccccc12. The number of nitrogens with zero attached hydrogens (tertiary/aromatic N) is 4. The molecular weight excluding hydrogens is 372 g/mol. The number of para-hydroxylation sites is 1. The summed E-state index contributed by atoms with van der Waals surface area (Å²) in [6.07, 6.45) is 4.40. The van der Waals surface area contributed by atoms with E-state index in [1.807, 2.05) is 55.4 Å². The number of aromatic nitrogens is 2. The quantitative estimate of drug-likeness (QED) is 0.649. The summed E-state index contributed by atoms with van der Waals surface area (Å²) in [5.74, 6) is 1.65. The van der Waals surface area contributed by atoms with Crippen LogP contribution in [0.25, 0.3) is 10.9 Å². The van der Waals surface area contributed by atoms with Crippen LogP contribution in [0.3, 0.4) is 0 Å². The lowest BCUT2D eigenvalue weighted by molar-refractivity contribution is 0.352. The van der Waals surface area contributed by atoms with E-state index in [9.17, 15) is 0 Å². The molecule has 2 N–H and O–H groups in total. The fourth-order valence-corrected chi connectivity index (χ4v) is 4.10. The summed E-state index contributed by atoms with van der Waals surface area (Å²) in [7, 11) is 4.03. The van der Waals surface area contributed by atoms with Gasteiger partial charge >= 0.3 is 0 Å². The van der Waals surface area contributed by atoms with Crippen molar-refractivity contribution in [1.82, 2.24) is 15.3 Å². The molecule has 6 heteroatoms. The molecule has 4 rings (SSSR count). The highest BCUT2D eigenvalue weighted by Gasteiger charge is 2.22. The molecular formula is C24H28N6. The number of benzene rings is 2. The van der Waals surface area contributed by atoms with E-state index >= 15 is 0 Å². The number of nitrogens with one attached hydrogen (secondary N) is 2. The highest BCUT2D eigenvalue weighted by atomic mass is 15.2. The molecule has 0 radical (unpaired) electrons. The average molecular weight is 401 g/mol. The summed E-state index contributed by atoms with van der Waals surface area (Å²) in [6, 6.07) is 19.1. The number of hydrogen-bond donors (Lipinski definition) is 2. The third kappa shape index (κ3) is 4.69. The Morgan fingerprint density at radius 1 is 1.00 bits per heavy atom. The normalized spacial score (nSPS) is 18.7. The van der Waals surface area contributed by atoms with Gasteiger partial charge in [0, 0.05) is 38.1 Å². The monoisotopic (exact) mass is 400 g/mol. The van der Waals surface area contributed by atoms with Crippen molar-refractivity contribution in [3.8, 4) is 6.07 Å². The second-order valence-electron chi connectivity index (χ2n) is 8.17. The summed E-state index contributed by atoms with van der Waals surface area (Å²) in [6.45, 7) is 0.804. The average Bonchev–Trinajstić information content (AvgIpc) is 2.78. The molecule has 0 spiro atoms. The van der Waals surface area contributed by atoms with Gasteiger partial charge in [-0.05, 0) is 55.5 Å². The standard InChI is InChI=1S/C24H28N6/c1-30(2)23-21-8-3-4-9-22(21)28-24(29-23)27-20-12-10-19(11-13-20)26-16-18-7-5-6-17(14-18)15-25/h3-9,14,19-20,26H,10-13,16H2,1-2H3,(H,27,28,29)/t19-,20+. The van der Waals surface area contributed by atoms with Crippen LogP contribution in [-0.2, 0) is 6.54 Å². The Morgan fingerprint density at radius 2 is 1.77 bits per heavy atom. The van der Waals surface area contributed by atoms with Gasteiger partial charge in [0.2, 0.25) is 5.95 Å². The van der Waals surface area contributed by atoms with E-state index in [4.69, 9.17) is 15.2 Å². The molecule has 6 nitrogen and oxygen atoms in total. The number of anilines is 2. The molecule has 1 aliphatic rings. The van der Waals surface area contributed by atoms with Crippen molar-refractivity contribution >= 4 is 22.7 Å². The van der Waals surface area contributed by atoms with Gasteiger partial charge in [-0.1, -0.05) is 24.3 Å². The van der Waals surface area contributed by atoms with E-state index in [1.165, 1.54) is 0 Å². The molecule has 0 bridgehead atoms. The van der Waals surface area contributed by atoms with E-state index in [2.05, 4.69) is 28.8 Å². The lowest BCUT2D eigenvalue weighted by Crippen LogP contribution is -2.37. The molecule has 1 aliphatic carbocycles. The van der Waals surface area contributed by atoms with Gasteiger partial charge in [-0.3, -0.25) is 0 Å². The van der Waals surface area contributed by atoms with Crippen molar-refractivity contribution in [3.63, 3.8) is 0 Å². The van der Waals surface area contributed by atoms with Gasteiger partial charge in [0.05, 0.1) is 17.1 Å². The summed E-state index contributed by atoms with van der Waals surface area (Å²) < 4.78 is 0. The number of hydrogen-bond acceptors (Lipinski definition) is 6. The second-order valence-corrected chi connectivity index (χ2v) is 8.17. The first-order chi connectivity index (χ1) is 14.6. The highest BCUT2D eigenvalue weighted by molar-refractivity contribution is 5.90. The van der Waals surface area contributed by atoms with Crippen LogP contribution in [0, 0.1) is 11.3 Å². The van der Waals surface area contributed by atoms with E-state index in [-0.39, 0.29) is 0 Å². The first-order valence-electron chi connectivity index (χ1n) is 10.6. The maximum atomic E-state index is 9.04. The first kappa shape index (κ1) is 20.1. The van der Waals surface area contributed by atoms with E-state index in [0.717, 1.165) is 60.1 Å². The van der Waals surface area contributed by atoms with Crippen molar-refractivity contribution in [2.45, 2.75) is 44.3 Å². The molecule has 1 fully saturated rings. The Morgan fingerprint density at radius 3 is 2.53 bits per heavy atom. The fourth-order valence-electron chi connectivity index (χ4n) is 4.10. The van der Waals surface area contributed by atoms with Crippen LogP contribution in [0.2, 0.25) is 0 Å². The van der Waals surface area contributed by atoms with Gasteiger partial charge in [0.1, 0.15) is 5.82 Å². The molecule has 154 valence electrons. The predicted molar refractivity (Wildman–Crippen MR) is 122 cm³/mol. The second kappa shape index (κ2) is 9.10. The van der Waals surface area contributed by atoms with E-state index < -0.39 is 0 Å². The van der Waals surface area contributed by atoms with Gasteiger partial charge < -0.3 is 15.5 Å². The third-order valence-corrected chi connectivity index (χ3v) is 5.72. The minimum absolute atomic E-state index is 0.390. The van der Waals surface area contributed by atoms with Crippen molar-refractivity contribution in [3.05, 3.63) is 59.7 Å². The number of fused-ring (bicyclic) bond motifs is 1. The Bertz CT molecular complexity index is 1050. The molecule has 3 aromatic rings. The number of rotatable bonds is 6. The lowest BCUT2D eigenvalue weighted by atomic mass is 9.91. The summed E-state index contributed by atoms with van der Waals surface area (Å²) >= 11 is 0. The predicted octanol–water partition coefficient (Wildman–Crippen LogP) is 4.08. The zero-order valence-electron chi connectivity index (χ0n) is 17.6. The van der Waals surface area contributed by atoms with Crippen LogP contribution >= 0.6 is 0 Å². The smallest absolute Gasteiger partial charge is 0.225 e. The largest absolute Gasteiger partial charge is 0.362 e. The molecule has 1 aromatic heterocycles. The van der Waals surface area contributed by atoms with E-state index in [0.29, 0.717) is 18.0 Å². The van der Waals surface area contributed by atoms with Crippen LogP contribution < -0.4 is 15.5 Å². The third-order valence-electron chi connectivity index (χ3n) is 5.72. The minimum Gasteiger partial charge on any atom is -0.362 e. The summed E-state index contributed by atoms with van der Waals surface area (Å²) in [5, 5.41) is 17.3. The van der Waals surface area contributed by atoms with Crippen molar-refractivity contribution in [2.75, 3.05) is 24.3 Å². The van der Waals surface area contributed by atoms with Crippen molar-refractivity contribution in [1.29, 1.82) is 5.26 Å².